The van der Waals surface area contributed by atoms with Crippen LogP contribution >= 0.6 is 7.37 Å². The minimum absolute atomic E-state index is 0.0502. The second-order valence-corrected chi connectivity index (χ2v) is 9.61. The maximum absolute atomic E-state index is 12.9. The van der Waals surface area contributed by atoms with Gasteiger partial charge in [-0.2, -0.15) is 0 Å². The molecule has 2 aromatic carbocycles. The van der Waals surface area contributed by atoms with Gasteiger partial charge in [0.25, 0.3) is 0 Å². The first-order valence-electron chi connectivity index (χ1n) is 9.81. The number of amides is 1. The Morgan fingerprint density at radius 3 is 2.13 bits per heavy atom. The molecule has 0 bridgehead atoms. The summed E-state index contributed by atoms with van der Waals surface area (Å²) in [6.07, 6.45) is -0.827. The molecule has 2 aromatic rings. The summed E-state index contributed by atoms with van der Waals surface area (Å²) in [4.78, 5) is 35.0. The van der Waals surface area contributed by atoms with Gasteiger partial charge in [-0.1, -0.05) is 60.7 Å². The number of hydrogen-bond donors (Lipinski definition) is 2. The SMILES string of the molecule is CCOC(=O)C(Cc1ccccc1)CP(=O)(O)[C@H](C)NC(=O)OCc1ccccc1. The molecule has 0 heterocycles. The molecule has 0 aliphatic carbocycles. The summed E-state index contributed by atoms with van der Waals surface area (Å²) in [6, 6.07) is 18.3. The quantitative estimate of drug-likeness (QED) is 0.435. The topological polar surface area (TPSA) is 102 Å². The summed E-state index contributed by atoms with van der Waals surface area (Å²) in [5, 5.41) is 2.40. The molecule has 0 aliphatic rings. The van der Waals surface area contributed by atoms with Crippen LogP contribution < -0.4 is 5.32 Å². The first-order chi connectivity index (χ1) is 14.3. The largest absolute Gasteiger partial charge is 0.466 e. The average molecular weight is 433 g/mol. The van der Waals surface area contributed by atoms with Gasteiger partial charge in [0.15, 0.2) is 0 Å². The Labute approximate surface area is 176 Å². The number of rotatable bonds is 10. The predicted molar refractivity (Wildman–Crippen MR) is 114 cm³/mol. The van der Waals surface area contributed by atoms with Gasteiger partial charge < -0.3 is 19.7 Å². The van der Waals surface area contributed by atoms with Crippen molar-refractivity contribution in [3.8, 4) is 0 Å². The van der Waals surface area contributed by atoms with Crippen LogP contribution in [0.1, 0.15) is 25.0 Å². The maximum Gasteiger partial charge on any atom is 0.408 e. The molecule has 0 fully saturated rings. The molecule has 0 aliphatic heterocycles. The molecule has 2 rings (SSSR count). The van der Waals surface area contributed by atoms with Crippen LogP contribution in [-0.4, -0.2) is 35.5 Å². The Morgan fingerprint density at radius 2 is 1.57 bits per heavy atom. The number of hydrogen-bond acceptors (Lipinski definition) is 5. The van der Waals surface area contributed by atoms with E-state index in [9.17, 15) is 19.0 Å². The molecule has 2 unspecified atom stereocenters. The Balaban J connectivity index is 1.98. The van der Waals surface area contributed by atoms with Crippen molar-refractivity contribution in [1.82, 2.24) is 5.32 Å². The van der Waals surface area contributed by atoms with Crippen molar-refractivity contribution in [2.24, 2.45) is 5.92 Å². The number of alkyl carbamates (subject to hydrolysis) is 1. The summed E-state index contributed by atoms with van der Waals surface area (Å²) in [7, 11) is -3.92. The zero-order valence-corrected chi connectivity index (χ0v) is 18.1. The summed E-state index contributed by atoms with van der Waals surface area (Å²) >= 11 is 0. The fourth-order valence-electron chi connectivity index (χ4n) is 2.89. The third kappa shape index (κ3) is 7.65. The molecule has 30 heavy (non-hydrogen) atoms. The van der Waals surface area contributed by atoms with Crippen molar-refractivity contribution in [2.75, 3.05) is 12.8 Å². The van der Waals surface area contributed by atoms with Gasteiger partial charge in [-0.05, 0) is 31.4 Å². The van der Waals surface area contributed by atoms with Crippen molar-refractivity contribution >= 4 is 19.4 Å². The van der Waals surface area contributed by atoms with Crippen molar-refractivity contribution in [3.63, 3.8) is 0 Å². The van der Waals surface area contributed by atoms with E-state index in [0.29, 0.717) is 0 Å². The average Bonchev–Trinajstić information content (AvgIpc) is 2.73. The molecule has 0 aromatic heterocycles. The lowest BCUT2D eigenvalue weighted by Crippen LogP contribution is -2.35. The van der Waals surface area contributed by atoms with E-state index in [2.05, 4.69) is 5.32 Å². The lowest BCUT2D eigenvalue weighted by molar-refractivity contribution is -0.147. The molecular formula is C22H28NO6P. The normalized spacial score (nSPS) is 14.8. The smallest absolute Gasteiger partial charge is 0.408 e. The van der Waals surface area contributed by atoms with Gasteiger partial charge in [-0.3, -0.25) is 9.36 Å². The van der Waals surface area contributed by atoms with Gasteiger partial charge in [0.05, 0.1) is 12.5 Å². The highest BCUT2D eigenvalue weighted by molar-refractivity contribution is 7.58. The number of carbonyl (C=O) groups is 2. The van der Waals surface area contributed by atoms with E-state index in [-0.39, 0.29) is 25.8 Å². The fourth-order valence-corrected chi connectivity index (χ4v) is 4.42. The second kappa shape index (κ2) is 11.5. The first kappa shape index (κ1) is 23.6. The summed E-state index contributed by atoms with van der Waals surface area (Å²) in [5.41, 5.74) is 1.66. The third-order valence-corrected chi connectivity index (χ3v) is 6.87. The van der Waals surface area contributed by atoms with Crippen LogP contribution in [0.3, 0.4) is 0 Å². The lowest BCUT2D eigenvalue weighted by atomic mass is 10.0. The zero-order chi connectivity index (χ0) is 22.0. The van der Waals surface area contributed by atoms with Gasteiger partial charge in [0, 0.05) is 6.16 Å². The van der Waals surface area contributed by atoms with Gasteiger partial charge in [0.1, 0.15) is 12.4 Å². The van der Waals surface area contributed by atoms with E-state index in [1.807, 2.05) is 48.5 Å². The van der Waals surface area contributed by atoms with Crippen molar-refractivity contribution in [3.05, 3.63) is 71.8 Å². The standard InChI is InChI=1S/C22H28NO6P/c1-3-28-21(24)20(14-18-10-6-4-7-11-18)16-30(26,27)17(2)23-22(25)29-15-19-12-8-5-9-13-19/h4-13,17,20H,3,14-16H2,1-2H3,(H,23,25)(H,26,27)/t17-,20?/m1/s1. The van der Waals surface area contributed by atoms with Crippen LogP contribution in [0.5, 0.6) is 0 Å². The maximum atomic E-state index is 12.9. The summed E-state index contributed by atoms with van der Waals surface area (Å²) < 4.78 is 23.1. The molecule has 162 valence electrons. The third-order valence-electron chi connectivity index (χ3n) is 4.57. The summed E-state index contributed by atoms with van der Waals surface area (Å²) in [5.74, 6) is -2.41. The van der Waals surface area contributed by atoms with E-state index < -0.39 is 31.1 Å². The molecule has 7 nitrogen and oxygen atoms in total. The minimum atomic E-state index is -3.92. The predicted octanol–water partition coefficient (Wildman–Crippen LogP) is 3.95. The van der Waals surface area contributed by atoms with Gasteiger partial charge in [-0.25, -0.2) is 4.79 Å². The molecule has 0 saturated heterocycles. The van der Waals surface area contributed by atoms with Gasteiger partial charge in [0.2, 0.25) is 7.37 Å². The molecule has 8 heteroatoms. The van der Waals surface area contributed by atoms with E-state index >= 15 is 0 Å². The summed E-state index contributed by atoms with van der Waals surface area (Å²) in [6.45, 7) is 3.34. The van der Waals surface area contributed by atoms with Crippen LogP contribution in [0.2, 0.25) is 0 Å². The molecule has 0 radical (unpaired) electrons. The monoisotopic (exact) mass is 433 g/mol. The lowest BCUT2D eigenvalue weighted by Gasteiger charge is -2.24. The van der Waals surface area contributed by atoms with Crippen molar-refractivity contribution in [2.45, 2.75) is 32.7 Å². The molecule has 0 spiro atoms. The number of carbonyl (C=O) groups excluding carboxylic acids is 2. The Hall–Kier alpha value is -2.63. The van der Waals surface area contributed by atoms with E-state index in [4.69, 9.17) is 9.47 Å². The highest BCUT2D eigenvalue weighted by atomic mass is 31.2. The van der Waals surface area contributed by atoms with Crippen LogP contribution in [0.15, 0.2) is 60.7 Å². The Bertz CT molecular complexity index is 858. The van der Waals surface area contributed by atoms with Gasteiger partial charge in [-0.15, -0.1) is 0 Å². The van der Waals surface area contributed by atoms with Crippen LogP contribution in [0, 0.1) is 5.92 Å². The van der Waals surface area contributed by atoms with E-state index in [0.717, 1.165) is 11.1 Å². The zero-order valence-electron chi connectivity index (χ0n) is 17.2. The Morgan fingerprint density at radius 1 is 1.00 bits per heavy atom. The molecular weight excluding hydrogens is 405 g/mol. The fraction of sp³-hybridized carbons (Fsp3) is 0.364. The number of esters is 1. The number of nitrogens with one attached hydrogen (secondary N) is 1. The molecule has 1 amide bonds. The molecule has 0 saturated carbocycles. The Kier molecular flexibility index (Phi) is 9.09. The van der Waals surface area contributed by atoms with Gasteiger partial charge >= 0.3 is 12.1 Å². The number of benzene rings is 2. The van der Waals surface area contributed by atoms with Crippen molar-refractivity contribution in [1.29, 1.82) is 0 Å². The first-order valence-corrected chi connectivity index (χ1v) is 11.7. The van der Waals surface area contributed by atoms with Crippen LogP contribution in [0.4, 0.5) is 4.79 Å². The second-order valence-electron chi connectivity index (χ2n) is 6.96. The highest BCUT2D eigenvalue weighted by Crippen LogP contribution is 2.47. The molecule has 2 N–H and O–H groups in total. The van der Waals surface area contributed by atoms with Crippen LogP contribution in [-0.2, 0) is 31.9 Å². The van der Waals surface area contributed by atoms with E-state index in [1.165, 1.54) is 6.92 Å². The van der Waals surface area contributed by atoms with Crippen molar-refractivity contribution < 1.29 is 28.5 Å². The van der Waals surface area contributed by atoms with E-state index in [1.54, 1.807) is 19.1 Å². The highest BCUT2D eigenvalue weighted by Gasteiger charge is 2.35. The van der Waals surface area contributed by atoms with Crippen LogP contribution in [0.25, 0.3) is 0 Å². The molecule has 3 atom stereocenters. The minimum Gasteiger partial charge on any atom is -0.466 e. The number of ether oxygens (including phenoxy) is 2.